The van der Waals surface area contributed by atoms with Gasteiger partial charge in [0.05, 0.1) is 33.2 Å². The average molecular weight is 510 g/mol. The lowest BCUT2D eigenvalue weighted by Gasteiger charge is -2.34. The van der Waals surface area contributed by atoms with Crippen LogP contribution in [-0.4, -0.2) is 40.7 Å². The van der Waals surface area contributed by atoms with Crippen LogP contribution in [0.4, 0.5) is 13.6 Å². The first kappa shape index (κ1) is 23.7. The van der Waals surface area contributed by atoms with Crippen LogP contribution in [0.2, 0.25) is 20.1 Å². The highest BCUT2D eigenvalue weighted by Crippen LogP contribution is 2.31. The number of amides is 4. The fourth-order valence-electron chi connectivity index (χ4n) is 2.98. The quantitative estimate of drug-likeness (QED) is 0.435. The van der Waals surface area contributed by atoms with Gasteiger partial charge in [-0.15, -0.1) is 0 Å². The monoisotopic (exact) mass is 508 g/mol. The van der Waals surface area contributed by atoms with Gasteiger partial charge in [-0.3, -0.25) is 19.4 Å². The molecule has 2 atom stereocenters. The van der Waals surface area contributed by atoms with Crippen molar-refractivity contribution >= 4 is 64.2 Å². The summed E-state index contributed by atoms with van der Waals surface area (Å²) < 4.78 is 29.5. The van der Waals surface area contributed by atoms with Gasteiger partial charge in [0.2, 0.25) is 11.8 Å². The van der Waals surface area contributed by atoms with E-state index in [-0.39, 0.29) is 31.2 Å². The van der Waals surface area contributed by atoms with Gasteiger partial charge in [-0.1, -0.05) is 58.5 Å². The van der Waals surface area contributed by atoms with Crippen LogP contribution in [0, 0.1) is 0 Å². The van der Waals surface area contributed by atoms with Crippen LogP contribution in [0.1, 0.15) is 29.9 Å². The zero-order valence-corrected chi connectivity index (χ0v) is 18.7. The average Bonchev–Trinajstić information content (AvgIpc) is 2.72. The summed E-state index contributed by atoms with van der Waals surface area (Å²) in [7, 11) is 0. The topological polar surface area (TPSA) is 57.7 Å². The number of hydrogen-bond acceptors (Lipinski definition) is 3. The van der Waals surface area contributed by atoms with Crippen molar-refractivity contribution < 1.29 is 23.2 Å². The molecule has 1 saturated heterocycles. The second-order valence-electron chi connectivity index (χ2n) is 6.75. The van der Waals surface area contributed by atoms with Gasteiger partial charge in [-0.05, 0) is 35.4 Å². The summed E-state index contributed by atoms with van der Waals surface area (Å²) in [5.41, 5.74) is 0.190. The molecule has 5 nitrogen and oxygen atoms in total. The Labute approximate surface area is 196 Å². The maximum Gasteiger partial charge on any atom is 0.333 e. The standard InChI is InChI=1S/C20H14Cl4F2N2O3/c21-12-3-1-10(5-14(12)23)16(25)8-27-18(29)7-19(30)28(20(27)31)9-17(26)11-2-4-13(22)15(24)6-11/h1-6,16-17H,7-9H2/t16-,17-/m1/s1. The fourth-order valence-corrected chi connectivity index (χ4v) is 3.60. The molecule has 31 heavy (non-hydrogen) atoms. The van der Waals surface area contributed by atoms with E-state index in [0.29, 0.717) is 9.80 Å². The molecular formula is C20H14Cl4F2N2O3. The van der Waals surface area contributed by atoms with Gasteiger partial charge in [0.1, 0.15) is 18.8 Å². The molecule has 1 heterocycles. The van der Waals surface area contributed by atoms with Crippen molar-refractivity contribution in [3.8, 4) is 0 Å². The SMILES string of the molecule is O=C1CC(=O)N(C[C@@H](F)c2ccc(Cl)c(Cl)c2)C(=O)N1C[C@@H](F)c1ccc(Cl)c(Cl)c1. The van der Waals surface area contributed by atoms with Crippen molar-refractivity contribution in [3.63, 3.8) is 0 Å². The molecule has 0 radical (unpaired) electrons. The number of nitrogens with zero attached hydrogens (tertiary/aromatic N) is 2. The molecule has 0 spiro atoms. The Kier molecular flexibility index (Phi) is 7.42. The van der Waals surface area contributed by atoms with Gasteiger partial charge in [-0.2, -0.15) is 0 Å². The highest BCUT2D eigenvalue weighted by Gasteiger charge is 2.40. The van der Waals surface area contributed by atoms with Gasteiger partial charge in [0, 0.05) is 0 Å². The molecule has 1 aliphatic rings. The van der Waals surface area contributed by atoms with Crippen LogP contribution in [0.3, 0.4) is 0 Å². The van der Waals surface area contributed by atoms with E-state index in [9.17, 15) is 23.2 Å². The van der Waals surface area contributed by atoms with Gasteiger partial charge in [-0.25, -0.2) is 13.6 Å². The van der Waals surface area contributed by atoms with E-state index in [0.717, 1.165) is 0 Å². The van der Waals surface area contributed by atoms with Gasteiger partial charge < -0.3 is 0 Å². The molecular weight excluding hydrogens is 496 g/mol. The number of benzene rings is 2. The Hall–Kier alpha value is -1.93. The van der Waals surface area contributed by atoms with Crippen molar-refractivity contribution in [2.24, 2.45) is 0 Å². The normalized spacial score (nSPS) is 16.6. The molecule has 0 saturated carbocycles. The molecule has 3 rings (SSSR count). The first-order valence-electron chi connectivity index (χ1n) is 8.91. The minimum absolute atomic E-state index is 0.0950. The summed E-state index contributed by atoms with van der Waals surface area (Å²) in [6, 6.07) is 6.94. The Bertz CT molecular complexity index is 974. The Morgan fingerprint density at radius 3 is 1.45 bits per heavy atom. The fraction of sp³-hybridized carbons (Fsp3) is 0.250. The van der Waals surface area contributed by atoms with E-state index in [1.165, 1.54) is 36.4 Å². The lowest BCUT2D eigenvalue weighted by molar-refractivity contribution is -0.143. The van der Waals surface area contributed by atoms with Crippen LogP contribution in [0.15, 0.2) is 36.4 Å². The second-order valence-corrected chi connectivity index (χ2v) is 8.38. The van der Waals surface area contributed by atoms with E-state index in [2.05, 4.69) is 0 Å². The molecule has 2 aromatic rings. The van der Waals surface area contributed by atoms with E-state index < -0.39 is 49.7 Å². The Morgan fingerprint density at radius 2 is 1.10 bits per heavy atom. The number of imide groups is 2. The van der Waals surface area contributed by atoms with E-state index >= 15 is 0 Å². The van der Waals surface area contributed by atoms with Gasteiger partial charge in [0.15, 0.2) is 0 Å². The van der Waals surface area contributed by atoms with E-state index in [1.807, 2.05) is 0 Å². The zero-order chi connectivity index (χ0) is 22.9. The Morgan fingerprint density at radius 1 is 0.710 bits per heavy atom. The van der Waals surface area contributed by atoms with E-state index in [4.69, 9.17) is 46.4 Å². The summed E-state index contributed by atoms with van der Waals surface area (Å²) in [6.45, 7) is -1.33. The lowest BCUT2D eigenvalue weighted by atomic mass is 10.1. The molecule has 0 N–H and O–H groups in total. The number of rotatable bonds is 6. The minimum atomic E-state index is -1.78. The van der Waals surface area contributed by atoms with Crippen molar-refractivity contribution in [2.75, 3.05) is 13.1 Å². The number of urea groups is 1. The maximum atomic E-state index is 14.8. The molecule has 0 aromatic heterocycles. The predicted molar refractivity (Wildman–Crippen MR) is 114 cm³/mol. The molecule has 0 aliphatic carbocycles. The molecule has 0 unspecified atom stereocenters. The van der Waals surface area contributed by atoms with Crippen LogP contribution < -0.4 is 0 Å². The van der Waals surface area contributed by atoms with Crippen LogP contribution in [0.25, 0.3) is 0 Å². The van der Waals surface area contributed by atoms with Crippen molar-refractivity contribution in [1.82, 2.24) is 9.80 Å². The van der Waals surface area contributed by atoms with Crippen molar-refractivity contribution in [1.29, 1.82) is 0 Å². The molecule has 1 fully saturated rings. The smallest absolute Gasteiger partial charge is 0.274 e. The van der Waals surface area contributed by atoms with Crippen molar-refractivity contribution in [2.45, 2.75) is 18.8 Å². The molecule has 11 heteroatoms. The zero-order valence-electron chi connectivity index (χ0n) is 15.6. The molecule has 2 aromatic carbocycles. The largest absolute Gasteiger partial charge is 0.333 e. The summed E-state index contributed by atoms with van der Waals surface area (Å²) in [5.74, 6) is -1.75. The van der Waals surface area contributed by atoms with Crippen LogP contribution in [-0.2, 0) is 9.59 Å². The van der Waals surface area contributed by atoms with Crippen LogP contribution in [0.5, 0.6) is 0 Å². The second kappa shape index (κ2) is 9.69. The minimum Gasteiger partial charge on any atom is -0.274 e. The molecule has 164 valence electrons. The van der Waals surface area contributed by atoms with E-state index in [1.54, 1.807) is 0 Å². The van der Waals surface area contributed by atoms with Crippen molar-refractivity contribution in [3.05, 3.63) is 67.6 Å². The number of barbiturate groups is 1. The van der Waals surface area contributed by atoms with Gasteiger partial charge >= 0.3 is 6.03 Å². The Balaban J connectivity index is 1.76. The third-order valence-electron chi connectivity index (χ3n) is 4.66. The summed E-state index contributed by atoms with van der Waals surface area (Å²) in [5, 5.41) is 0.653. The van der Waals surface area contributed by atoms with Crippen LogP contribution >= 0.6 is 46.4 Å². The summed E-state index contributed by atoms with van der Waals surface area (Å²) in [4.78, 5) is 38.3. The summed E-state index contributed by atoms with van der Waals surface area (Å²) >= 11 is 23.4. The number of carbonyl (C=O) groups is 3. The van der Waals surface area contributed by atoms with Gasteiger partial charge in [0.25, 0.3) is 0 Å². The molecule has 1 aliphatic heterocycles. The highest BCUT2D eigenvalue weighted by atomic mass is 35.5. The number of carbonyl (C=O) groups excluding carboxylic acids is 3. The first-order valence-corrected chi connectivity index (χ1v) is 10.4. The number of halogens is 6. The number of hydrogen-bond donors (Lipinski definition) is 0. The maximum absolute atomic E-state index is 14.8. The third-order valence-corrected chi connectivity index (χ3v) is 6.14. The lowest BCUT2D eigenvalue weighted by Crippen LogP contribution is -2.56. The third kappa shape index (κ3) is 5.29. The molecule has 4 amide bonds. The first-order chi connectivity index (χ1) is 14.6. The highest BCUT2D eigenvalue weighted by molar-refractivity contribution is 6.42. The summed E-state index contributed by atoms with van der Waals surface area (Å²) in [6.07, 6.45) is -4.25. The molecule has 0 bridgehead atoms. The predicted octanol–water partition coefficient (Wildman–Crippen LogP) is 6.20. The number of alkyl halides is 2.